The smallest absolute Gasteiger partial charge is 0.410 e. The van der Waals surface area contributed by atoms with Gasteiger partial charge in [-0.1, -0.05) is 11.8 Å². The Bertz CT molecular complexity index is 1030. The van der Waals surface area contributed by atoms with Crippen molar-refractivity contribution in [3.63, 3.8) is 0 Å². The van der Waals surface area contributed by atoms with E-state index in [-0.39, 0.29) is 24.2 Å². The third-order valence-electron chi connectivity index (χ3n) is 6.31. The van der Waals surface area contributed by atoms with Crippen LogP contribution >= 0.6 is 0 Å². The van der Waals surface area contributed by atoms with E-state index >= 15 is 0 Å². The molecule has 3 rings (SSSR count). The van der Waals surface area contributed by atoms with Gasteiger partial charge < -0.3 is 14.5 Å². The Morgan fingerprint density at radius 1 is 1.24 bits per heavy atom. The average molecular weight is 493 g/mol. The number of amides is 1. The van der Waals surface area contributed by atoms with Crippen molar-refractivity contribution in [2.24, 2.45) is 22.1 Å². The summed E-state index contributed by atoms with van der Waals surface area (Å²) in [6.45, 7) is 12.3. The quantitative estimate of drug-likeness (QED) is 0.352. The fraction of sp³-hybridized carbons (Fsp3) is 0.609. The number of hydrogen-bond donors (Lipinski definition) is 1. The molecule has 1 amide bonds. The van der Waals surface area contributed by atoms with Crippen LogP contribution in [-0.2, 0) is 14.6 Å². The summed E-state index contributed by atoms with van der Waals surface area (Å²) in [6.07, 6.45) is 3.13. The van der Waals surface area contributed by atoms with Crippen LogP contribution in [0.5, 0.6) is 0 Å². The summed E-state index contributed by atoms with van der Waals surface area (Å²) in [7, 11) is -3.24. The first-order chi connectivity index (χ1) is 16.0. The molecule has 2 N–H and O–H groups in total. The van der Waals surface area contributed by atoms with E-state index in [1.807, 2.05) is 26.8 Å². The maximum atomic E-state index is 12.0. The van der Waals surface area contributed by atoms with E-state index in [9.17, 15) is 13.2 Å². The van der Waals surface area contributed by atoms with Crippen LogP contribution in [0.3, 0.4) is 0 Å². The van der Waals surface area contributed by atoms with E-state index in [4.69, 9.17) is 10.6 Å². The number of rotatable bonds is 7. The zero-order chi connectivity index (χ0) is 25.0. The zero-order valence-electron chi connectivity index (χ0n) is 20.5. The molecule has 1 aromatic carbocycles. The van der Waals surface area contributed by atoms with Crippen molar-refractivity contribution >= 4 is 21.6 Å². The Kier molecular flexibility index (Phi) is 8.19. The molecule has 2 heterocycles. The number of piperidine rings is 1. The highest BCUT2D eigenvalue weighted by Crippen LogP contribution is 2.29. The van der Waals surface area contributed by atoms with E-state index in [1.54, 1.807) is 17.0 Å². The molecule has 0 radical (unpaired) electrons. The lowest BCUT2D eigenvalue weighted by molar-refractivity contribution is 0.0671. The van der Waals surface area contributed by atoms with Crippen molar-refractivity contribution in [1.29, 1.82) is 0 Å². The minimum absolute atomic E-state index is 0.0156. The molecule has 0 aliphatic carbocycles. The SMILES string of the molecule is C=C(N=NN(N)[C@H]1CCN(c2ccc(S(C)(=O)=O)cc2C)C1)C1CCN(C(=O)OC(C)C)CC1. The van der Waals surface area contributed by atoms with E-state index in [0.29, 0.717) is 30.2 Å². The molecule has 0 saturated carbocycles. The Morgan fingerprint density at radius 2 is 1.91 bits per heavy atom. The number of likely N-dealkylation sites (tertiary alicyclic amines) is 1. The van der Waals surface area contributed by atoms with Crippen molar-refractivity contribution < 1.29 is 17.9 Å². The lowest BCUT2D eigenvalue weighted by atomic mass is 9.95. The van der Waals surface area contributed by atoms with Gasteiger partial charge in [-0.15, -0.1) is 5.11 Å². The molecular formula is C23H36N6O4S. The van der Waals surface area contributed by atoms with Crippen molar-refractivity contribution in [2.45, 2.75) is 57.1 Å². The number of hydrogen-bond acceptors (Lipinski definition) is 8. The first kappa shape index (κ1) is 26.0. The lowest BCUT2D eigenvalue weighted by Gasteiger charge is -2.31. The van der Waals surface area contributed by atoms with Crippen LogP contribution in [0.1, 0.15) is 38.7 Å². The Hall–Kier alpha value is -2.66. The number of ether oxygens (including phenoxy) is 1. The standard InChI is InChI=1S/C23H36N6O4S/c1-16(2)33-23(30)27-11-8-19(9-12-27)18(4)25-26-29(24)20-10-13-28(15-20)22-7-6-21(14-17(22)3)34(5,31)32/h6-7,14,16,19-20H,4,8-13,15,24H2,1-3,5H3/t20-/m0/s1. The monoisotopic (exact) mass is 492 g/mol. The van der Waals surface area contributed by atoms with Crippen LogP contribution in [0.4, 0.5) is 10.5 Å². The van der Waals surface area contributed by atoms with Gasteiger partial charge in [0, 0.05) is 44.0 Å². The van der Waals surface area contributed by atoms with Crippen LogP contribution in [0.2, 0.25) is 0 Å². The van der Waals surface area contributed by atoms with E-state index in [1.165, 1.54) is 11.4 Å². The van der Waals surface area contributed by atoms with Crippen molar-refractivity contribution in [2.75, 3.05) is 37.3 Å². The number of allylic oxidation sites excluding steroid dienone is 1. The molecule has 0 aromatic heterocycles. The molecule has 0 bridgehead atoms. The number of benzene rings is 1. The maximum absolute atomic E-state index is 12.0. The predicted molar refractivity (Wildman–Crippen MR) is 131 cm³/mol. The Morgan fingerprint density at radius 3 is 2.50 bits per heavy atom. The molecule has 1 atom stereocenters. The molecule has 188 valence electrons. The Labute approximate surface area is 202 Å². The number of hydrazine groups is 1. The normalized spacial score (nSPS) is 19.8. The molecule has 2 saturated heterocycles. The number of sulfone groups is 1. The van der Waals surface area contributed by atoms with Crippen LogP contribution in [0.25, 0.3) is 0 Å². The molecule has 2 aliphatic rings. The van der Waals surface area contributed by atoms with Crippen molar-refractivity contribution in [3.8, 4) is 0 Å². The van der Waals surface area contributed by atoms with Gasteiger partial charge in [0.05, 0.1) is 22.7 Å². The first-order valence-electron chi connectivity index (χ1n) is 11.6. The molecule has 11 heteroatoms. The molecule has 0 unspecified atom stereocenters. The molecule has 2 aliphatic heterocycles. The zero-order valence-corrected chi connectivity index (χ0v) is 21.3. The van der Waals surface area contributed by atoms with Crippen LogP contribution in [0.15, 0.2) is 45.7 Å². The number of nitrogens with two attached hydrogens (primary N) is 1. The summed E-state index contributed by atoms with van der Waals surface area (Å²) >= 11 is 0. The number of carbonyl (C=O) groups is 1. The van der Waals surface area contributed by atoms with E-state index in [2.05, 4.69) is 21.8 Å². The molecular weight excluding hydrogens is 456 g/mol. The topological polar surface area (TPSA) is 121 Å². The van der Waals surface area contributed by atoms with Gasteiger partial charge in [0.25, 0.3) is 0 Å². The summed E-state index contributed by atoms with van der Waals surface area (Å²) in [5.41, 5.74) is 2.56. The van der Waals surface area contributed by atoms with Gasteiger partial charge in [-0.3, -0.25) is 0 Å². The summed E-state index contributed by atoms with van der Waals surface area (Å²) in [6, 6.07) is 5.18. The van der Waals surface area contributed by atoms with E-state index < -0.39 is 9.84 Å². The first-order valence-corrected chi connectivity index (χ1v) is 13.5. The van der Waals surface area contributed by atoms with Crippen LogP contribution in [0, 0.1) is 12.8 Å². The molecule has 2 fully saturated rings. The lowest BCUT2D eigenvalue weighted by Crippen LogP contribution is -2.40. The van der Waals surface area contributed by atoms with E-state index in [0.717, 1.165) is 37.1 Å². The highest BCUT2D eigenvalue weighted by atomic mass is 32.2. The second-order valence-electron chi connectivity index (χ2n) is 9.36. The minimum Gasteiger partial charge on any atom is -0.447 e. The van der Waals surface area contributed by atoms with Crippen LogP contribution < -0.4 is 10.7 Å². The number of anilines is 1. The van der Waals surface area contributed by atoms with Gasteiger partial charge in [-0.25, -0.2) is 24.2 Å². The third kappa shape index (κ3) is 6.47. The number of carbonyl (C=O) groups excluding carboxylic acids is 1. The van der Waals surface area contributed by atoms with Gasteiger partial charge in [-0.05, 0) is 63.8 Å². The van der Waals surface area contributed by atoms with Gasteiger partial charge in [0.2, 0.25) is 0 Å². The number of aryl methyl sites for hydroxylation is 1. The summed E-state index contributed by atoms with van der Waals surface area (Å²) < 4.78 is 28.8. The number of nitrogens with zero attached hydrogens (tertiary/aromatic N) is 5. The van der Waals surface area contributed by atoms with Gasteiger partial charge >= 0.3 is 6.09 Å². The van der Waals surface area contributed by atoms with Crippen LogP contribution in [-0.4, -0.2) is 69.1 Å². The largest absolute Gasteiger partial charge is 0.447 e. The molecule has 1 aromatic rings. The van der Waals surface area contributed by atoms with Gasteiger partial charge in [0.15, 0.2) is 9.84 Å². The molecule has 34 heavy (non-hydrogen) atoms. The second-order valence-corrected chi connectivity index (χ2v) is 11.4. The fourth-order valence-electron chi connectivity index (χ4n) is 4.33. The van der Waals surface area contributed by atoms with Gasteiger partial charge in [0.1, 0.15) is 0 Å². The predicted octanol–water partition coefficient (Wildman–Crippen LogP) is 3.29. The second kappa shape index (κ2) is 10.7. The summed E-state index contributed by atoms with van der Waals surface area (Å²) in [5.74, 6) is 6.33. The molecule has 10 nitrogen and oxygen atoms in total. The summed E-state index contributed by atoms with van der Waals surface area (Å²) in [4.78, 5) is 16.3. The van der Waals surface area contributed by atoms with Gasteiger partial charge in [-0.2, -0.15) is 0 Å². The average Bonchev–Trinajstić information content (AvgIpc) is 3.26. The highest BCUT2D eigenvalue weighted by molar-refractivity contribution is 7.90. The Balaban J connectivity index is 1.51. The summed E-state index contributed by atoms with van der Waals surface area (Å²) in [5, 5.41) is 9.86. The third-order valence-corrected chi connectivity index (χ3v) is 7.42. The fourth-order valence-corrected chi connectivity index (χ4v) is 5.03. The highest BCUT2D eigenvalue weighted by Gasteiger charge is 2.29. The van der Waals surface area contributed by atoms with Crippen molar-refractivity contribution in [3.05, 3.63) is 36.0 Å². The maximum Gasteiger partial charge on any atom is 0.410 e. The minimum atomic E-state index is -3.24. The van der Waals surface area contributed by atoms with Crippen molar-refractivity contribution in [1.82, 2.24) is 10.0 Å². The molecule has 0 spiro atoms.